The average molecular weight is 475 g/mol. The third-order valence-corrected chi connectivity index (χ3v) is 5.81. The number of benzene rings is 2. The molecule has 0 fully saturated rings. The lowest BCUT2D eigenvalue weighted by Crippen LogP contribution is -2.38. The van der Waals surface area contributed by atoms with Crippen LogP contribution in [-0.4, -0.2) is 47.3 Å². The van der Waals surface area contributed by atoms with Gasteiger partial charge >= 0.3 is 6.18 Å². The number of carbonyl (C=O) groups excluding carboxylic acids is 1. The van der Waals surface area contributed by atoms with E-state index < -0.39 is 23.3 Å². The van der Waals surface area contributed by atoms with E-state index in [9.17, 15) is 18.0 Å². The maximum Gasteiger partial charge on any atom is 0.434 e. The summed E-state index contributed by atoms with van der Waals surface area (Å²) in [6, 6.07) is 13.8. The molecule has 0 radical (unpaired) electrons. The Hall–Kier alpha value is -3.33. The fourth-order valence-electron chi connectivity index (χ4n) is 4.03. The highest BCUT2D eigenvalue weighted by Crippen LogP contribution is 2.34. The Morgan fingerprint density at radius 1 is 1.15 bits per heavy atom. The number of ether oxygens (including phenoxy) is 1. The molecule has 1 heterocycles. The lowest BCUT2D eigenvalue weighted by molar-refractivity contribution is -0.143. The minimum atomic E-state index is -4.77. The van der Waals surface area contributed by atoms with Gasteiger partial charge in [0, 0.05) is 6.54 Å². The molecular weight excluding hydrogens is 445 g/mol. The third kappa shape index (κ3) is 5.41. The topological polar surface area (TPSA) is 59.4 Å². The predicted molar refractivity (Wildman–Crippen MR) is 124 cm³/mol. The lowest BCUT2D eigenvalue weighted by atomic mass is 10.0. The summed E-state index contributed by atoms with van der Waals surface area (Å²) in [6.45, 7) is 7.21. The van der Waals surface area contributed by atoms with Crippen molar-refractivity contribution in [2.75, 3.05) is 26.7 Å². The molecular formula is C25H29F3N4O2. The van der Waals surface area contributed by atoms with Gasteiger partial charge in [-0.3, -0.25) is 9.69 Å². The van der Waals surface area contributed by atoms with Crippen LogP contribution in [0.5, 0.6) is 5.75 Å². The number of hydrogen-bond donors (Lipinski definition) is 1. The fraction of sp³-hybridized carbons (Fsp3) is 0.360. The number of nitrogens with zero attached hydrogens (tertiary/aromatic N) is 3. The first kappa shape index (κ1) is 25.3. The van der Waals surface area contributed by atoms with Crippen molar-refractivity contribution in [2.45, 2.75) is 33.0 Å². The SMILES string of the molecule is CCN(CC)C(CNC(=O)c1cnn(-c2ccccc2C)c1C(F)(F)F)c1cccc(OC)c1. The highest BCUT2D eigenvalue weighted by atomic mass is 19.4. The van der Waals surface area contributed by atoms with Crippen molar-refractivity contribution < 1.29 is 22.7 Å². The molecule has 0 aliphatic heterocycles. The second kappa shape index (κ2) is 10.7. The molecule has 1 unspecified atom stereocenters. The third-order valence-electron chi connectivity index (χ3n) is 5.81. The Bertz CT molecular complexity index is 1120. The van der Waals surface area contributed by atoms with Gasteiger partial charge in [-0.05, 0) is 49.3 Å². The molecule has 2 aromatic carbocycles. The van der Waals surface area contributed by atoms with E-state index in [4.69, 9.17) is 4.74 Å². The van der Waals surface area contributed by atoms with E-state index in [1.807, 2.05) is 38.1 Å². The van der Waals surface area contributed by atoms with Crippen LogP contribution in [0.2, 0.25) is 0 Å². The summed E-state index contributed by atoms with van der Waals surface area (Å²) in [7, 11) is 1.57. The molecule has 0 aliphatic rings. The largest absolute Gasteiger partial charge is 0.497 e. The Morgan fingerprint density at radius 3 is 2.47 bits per heavy atom. The molecule has 1 amide bonds. The molecule has 182 valence electrons. The number of hydrogen-bond acceptors (Lipinski definition) is 4. The van der Waals surface area contributed by atoms with Crippen LogP contribution in [0.4, 0.5) is 13.2 Å². The van der Waals surface area contributed by atoms with Gasteiger partial charge in [0.15, 0.2) is 5.69 Å². The van der Waals surface area contributed by atoms with Gasteiger partial charge in [-0.15, -0.1) is 0 Å². The number of aryl methyl sites for hydroxylation is 1. The summed E-state index contributed by atoms with van der Waals surface area (Å²) in [4.78, 5) is 15.1. The molecule has 1 N–H and O–H groups in total. The molecule has 3 aromatic rings. The highest BCUT2D eigenvalue weighted by Gasteiger charge is 2.41. The average Bonchev–Trinajstić information content (AvgIpc) is 3.28. The number of methoxy groups -OCH3 is 1. The van der Waals surface area contributed by atoms with Gasteiger partial charge in [0.05, 0.1) is 30.6 Å². The fourth-order valence-corrected chi connectivity index (χ4v) is 4.03. The van der Waals surface area contributed by atoms with Crippen LogP contribution in [0, 0.1) is 6.92 Å². The van der Waals surface area contributed by atoms with Gasteiger partial charge in [-0.25, -0.2) is 4.68 Å². The van der Waals surface area contributed by atoms with E-state index in [2.05, 4.69) is 15.3 Å². The maximum atomic E-state index is 14.0. The molecule has 0 saturated heterocycles. The summed E-state index contributed by atoms with van der Waals surface area (Å²) in [5.74, 6) is -0.160. The van der Waals surface area contributed by atoms with Crippen LogP contribution in [0.1, 0.15) is 47.1 Å². The van der Waals surface area contributed by atoms with E-state index in [0.29, 0.717) is 24.4 Å². The molecule has 0 bridgehead atoms. The Labute approximate surface area is 197 Å². The van der Waals surface area contributed by atoms with E-state index in [1.54, 1.807) is 38.3 Å². The summed E-state index contributed by atoms with van der Waals surface area (Å²) >= 11 is 0. The van der Waals surface area contributed by atoms with Gasteiger partial charge < -0.3 is 10.1 Å². The number of alkyl halides is 3. The van der Waals surface area contributed by atoms with Crippen LogP contribution in [-0.2, 0) is 6.18 Å². The Balaban J connectivity index is 1.92. The minimum Gasteiger partial charge on any atom is -0.497 e. The minimum absolute atomic E-state index is 0.126. The van der Waals surface area contributed by atoms with E-state index in [-0.39, 0.29) is 18.3 Å². The number of rotatable bonds is 9. The van der Waals surface area contributed by atoms with Gasteiger partial charge in [0.25, 0.3) is 5.91 Å². The zero-order chi connectivity index (χ0) is 24.9. The summed E-state index contributed by atoms with van der Waals surface area (Å²) in [6.07, 6.45) is -3.79. The van der Waals surface area contributed by atoms with E-state index in [1.165, 1.54) is 0 Å². The molecule has 3 rings (SSSR count). The molecule has 9 heteroatoms. The van der Waals surface area contributed by atoms with Crippen LogP contribution in [0.15, 0.2) is 54.7 Å². The standard InChI is InChI=1S/C25H29F3N4O2/c1-5-31(6-2)22(18-11-9-12-19(14-18)34-4)16-29-24(33)20-15-30-32(23(20)25(26,27)28)21-13-8-7-10-17(21)3/h7-15,22H,5-6,16H2,1-4H3,(H,29,33). The number of amides is 1. The van der Waals surface area contributed by atoms with Crippen molar-refractivity contribution in [1.29, 1.82) is 0 Å². The maximum absolute atomic E-state index is 14.0. The molecule has 1 aromatic heterocycles. The van der Waals surface area contributed by atoms with Crippen LogP contribution in [0.3, 0.4) is 0 Å². The molecule has 1 atom stereocenters. The number of halogens is 3. The first-order valence-corrected chi connectivity index (χ1v) is 11.1. The number of nitrogens with one attached hydrogen (secondary N) is 1. The Morgan fingerprint density at radius 2 is 1.85 bits per heavy atom. The van der Waals surface area contributed by atoms with Gasteiger partial charge in [-0.2, -0.15) is 18.3 Å². The monoisotopic (exact) mass is 474 g/mol. The number of para-hydroxylation sites is 1. The van der Waals surface area contributed by atoms with Crippen LogP contribution < -0.4 is 10.1 Å². The zero-order valence-corrected chi connectivity index (χ0v) is 19.7. The zero-order valence-electron chi connectivity index (χ0n) is 19.7. The van der Waals surface area contributed by atoms with Gasteiger partial charge in [0.1, 0.15) is 5.75 Å². The summed E-state index contributed by atoms with van der Waals surface area (Å²) in [5.41, 5.74) is 0.170. The lowest BCUT2D eigenvalue weighted by Gasteiger charge is -2.30. The van der Waals surface area contributed by atoms with E-state index >= 15 is 0 Å². The summed E-state index contributed by atoms with van der Waals surface area (Å²) in [5, 5.41) is 6.62. The van der Waals surface area contributed by atoms with Crippen LogP contribution >= 0.6 is 0 Å². The van der Waals surface area contributed by atoms with Crippen molar-refractivity contribution in [3.63, 3.8) is 0 Å². The van der Waals surface area contributed by atoms with Crippen molar-refractivity contribution >= 4 is 5.91 Å². The highest BCUT2D eigenvalue weighted by molar-refractivity contribution is 5.95. The van der Waals surface area contributed by atoms with Gasteiger partial charge in [-0.1, -0.05) is 44.2 Å². The van der Waals surface area contributed by atoms with Crippen molar-refractivity contribution in [3.05, 3.63) is 77.1 Å². The second-order valence-corrected chi connectivity index (χ2v) is 7.83. The van der Waals surface area contributed by atoms with Crippen LogP contribution in [0.25, 0.3) is 5.69 Å². The molecule has 6 nitrogen and oxygen atoms in total. The second-order valence-electron chi connectivity index (χ2n) is 7.83. The van der Waals surface area contributed by atoms with E-state index in [0.717, 1.165) is 16.4 Å². The number of carbonyl (C=O) groups is 1. The van der Waals surface area contributed by atoms with Crippen molar-refractivity contribution in [3.8, 4) is 11.4 Å². The normalized spacial score (nSPS) is 12.6. The molecule has 34 heavy (non-hydrogen) atoms. The number of aromatic nitrogens is 2. The quantitative estimate of drug-likeness (QED) is 0.473. The first-order valence-electron chi connectivity index (χ1n) is 11.1. The smallest absolute Gasteiger partial charge is 0.434 e. The van der Waals surface area contributed by atoms with Gasteiger partial charge in [0.2, 0.25) is 0 Å². The molecule has 0 aliphatic carbocycles. The Kier molecular flexibility index (Phi) is 7.98. The summed E-state index contributed by atoms with van der Waals surface area (Å²) < 4.78 is 48.2. The molecule has 0 saturated carbocycles. The predicted octanol–water partition coefficient (Wildman–Crippen LogP) is 5.02. The number of likely N-dealkylation sites (N-methyl/N-ethyl adjacent to an activating group) is 1. The van der Waals surface area contributed by atoms with Crippen molar-refractivity contribution in [2.24, 2.45) is 0 Å². The first-order chi connectivity index (χ1) is 16.2. The van der Waals surface area contributed by atoms with Crippen molar-refractivity contribution in [1.82, 2.24) is 20.0 Å². The molecule has 0 spiro atoms.